The Balaban J connectivity index is 0.00000385. The first-order valence-corrected chi connectivity index (χ1v) is 12.1. The molecule has 1 N–H and O–H groups in total. The lowest BCUT2D eigenvalue weighted by molar-refractivity contribution is -0.144. The molecule has 1 saturated heterocycles. The third-order valence-electron chi connectivity index (χ3n) is 5.57. The highest BCUT2D eigenvalue weighted by molar-refractivity contribution is 7.89. The van der Waals surface area contributed by atoms with Crippen molar-refractivity contribution >= 4 is 15.9 Å². The number of carbonyl (C=O) groups is 1. The summed E-state index contributed by atoms with van der Waals surface area (Å²) in [6, 6.07) is 2.36. The predicted molar refractivity (Wildman–Crippen MR) is 108 cm³/mol. The van der Waals surface area contributed by atoms with Crippen LogP contribution >= 0.6 is 0 Å². The van der Waals surface area contributed by atoms with Gasteiger partial charge in [-0.3, -0.25) is 9.69 Å². The molecule has 1 aromatic rings. The SMILES string of the molecule is CS(=O)(=O)NC(=O)c1cc(C2CC2)c(OCC2CCN(CC(F)(F)C(F)F)CC2)cc1F.[HH]. The zero-order chi connectivity index (χ0) is 23.7. The number of benzene rings is 1. The van der Waals surface area contributed by atoms with Gasteiger partial charge in [-0.25, -0.2) is 26.3 Å². The van der Waals surface area contributed by atoms with Gasteiger partial charge >= 0.3 is 12.3 Å². The van der Waals surface area contributed by atoms with Gasteiger partial charge in [-0.15, -0.1) is 0 Å². The van der Waals surface area contributed by atoms with Gasteiger partial charge < -0.3 is 4.74 Å². The van der Waals surface area contributed by atoms with Gasteiger partial charge in [0.05, 0.1) is 25.0 Å². The number of nitrogens with zero attached hydrogens (tertiary/aromatic N) is 1. The van der Waals surface area contributed by atoms with Crippen molar-refractivity contribution < 1.29 is 41.3 Å². The Kier molecular flexibility index (Phi) is 7.33. The largest absolute Gasteiger partial charge is 0.493 e. The van der Waals surface area contributed by atoms with Crippen molar-refractivity contribution in [1.29, 1.82) is 0 Å². The summed E-state index contributed by atoms with van der Waals surface area (Å²) < 4.78 is 95.8. The van der Waals surface area contributed by atoms with Gasteiger partial charge in [-0.2, -0.15) is 8.78 Å². The molecule has 2 aliphatic rings. The summed E-state index contributed by atoms with van der Waals surface area (Å²) >= 11 is 0. The highest BCUT2D eigenvalue weighted by Gasteiger charge is 2.42. The van der Waals surface area contributed by atoms with E-state index < -0.39 is 46.2 Å². The lowest BCUT2D eigenvalue weighted by atomic mass is 9.97. The summed E-state index contributed by atoms with van der Waals surface area (Å²) in [5.41, 5.74) is 0.219. The number of ether oxygens (including phenoxy) is 1. The van der Waals surface area contributed by atoms with E-state index in [4.69, 9.17) is 4.74 Å². The molecular formula is C20H27F5N2O4S. The maximum atomic E-state index is 14.5. The summed E-state index contributed by atoms with van der Waals surface area (Å²) in [6.45, 7) is -0.352. The van der Waals surface area contributed by atoms with Gasteiger partial charge in [0.1, 0.15) is 11.6 Å². The molecule has 0 radical (unpaired) electrons. The molecule has 1 aliphatic heterocycles. The fourth-order valence-corrected chi connectivity index (χ4v) is 4.14. The molecule has 0 spiro atoms. The first-order valence-electron chi connectivity index (χ1n) is 10.2. The highest BCUT2D eigenvalue weighted by Crippen LogP contribution is 2.45. The standard InChI is InChI=1S/C20H25F5N2O4S.H2/c1-32(29,30)26-18(28)15-8-14(13-2-3-13)17(9-16(15)21)31-10-12-4-6-27(7-5-12)11-20(24,25)19(22)23;/h8-9,12-13,19H,2-7,10-11H2,1H3,(H,26,28);1H. The number of sulfonamides is 1. The van der Waals surface area contributed by atoms with Crippen LogP contribution in [0.5, 0.6) is 5.75 Å². The Morgan fingerprint density at radius 3 is 2.41 bits per heavy atom. The number of hydrogen-bond acceptors (Lipinski definition) is 5. The zero-order valence-corrected chi connectivity index (χ0v) is 18.2. The van der Waals surface area contributed by atoms with Crippen LogP contribution in [0.3, 0.4) is 0 Å². The molecule has 1 amide bonds. The number of alkyl halides is 4. The number of rotatable bonds is 9. The fourth-order valence-electron chi connectivity index (χ4n) is 3.69. The quantitative estimate of drug-likeness (QED) is 0.540. The molecule has 12 heteroatoms. The Bertz CT molecular complexity index is 952. The average molecular weight is 487 g/mol. The predicted octanol–water partition coefficient (Wildman–Crippen LogP) is 3.63. The molecular weight excluding hydrogens is 459 g/mol. The second-order valence-corrected chi connectivity index (χ2v) is 10.2. The van der Waals surface area contributed by atoms with E-state index in [1.165, 1.54) is 11.0 Å². The van der Waals surface area contributed by atoms with Crippen LogP contribution in [0.25, 0.3) is 0 Å². The van der Waals surface area contributed by atoms with Crippen molar-refractivity contribution in [3.05, 3.63) is 29.1 Å². The monoisotopic (exact) mass is 486 g/mol. The fraction of sp³-hybridized carbons (Fsp3) is 0.650. The lowest BCUT2D eigenvalue weighted by Crippen LogP contribution is -2.45. The summed E-state index contributed by atoms with van der Waals surface area (Å²) in [5.74, 6) is -5.72. The number of likely N-dealkylation sites (tertiary alicyclic amines) is 1. The first kappa shape index (κ1) is 24.7. The van der Waals surface area contributed by atoms with Crippen molar-refractivity contribution in [3.8, 4) is 5.75 Å². The molecule has 32 heavy (non-hydrogen) atoms. The molecule has 0 bridgehead atoms. The van der Waals surface area contributed by atoms with Crippen LogP contribution in [-0.2, 0) is 10.0 Å². The van der Waals surface area contributed by atoms with Crippen LogP contribution in [0.2, 0.25) is 0 Å². The maximum Gasteiger partial charge on any atom is 0.319 e. The van der Waals surface area contributed by atoms with E-state index in [-0.39, 0.29) is 38.7 Å². The van der Waals surface area contributed by atoms with Crippen molar-refractivity contribution in [1.82, 2.24) is 9.62 Å². The molecule has 1 saturated carbocycles. The molecule has 0 atom stereocenters. The van der Waals surface area contributed by atoms with Crippen molar-refractivity contribution in [2.45, 2.75) is 43.9 Å². The van der Waals surface area contributed by atoms with Crippen LogP contribution in [0, 0.1) is 11.7 Å². The van der Waals surface area contributed by atoms with Crippen LogP contribution in [0.1, 0.15) is 48.9 Å². The van der Waals surface area contributed by atoms with Gasteiger partial charge in [0.15, 0.2) is 0 Å². The smallest absolute Gasteiger partial charge is 0.319 e. The maximum absolute atomic E-state index is 14.5. The second kappa shape index (κ2) is 9.50. The molecule has 3 rings (SSSR count). The summed E-state index contributed by atoms with van der Waals surface area (Å²) in [5, 5.41) is 0. The van der Waals surface area contributed by atoms with Crippen LogP contribution < -0.4 is 9.46 Å². The molecule has 1 aliphatic carbocycles. The molecule has 0 unspecified atom stereocenters. The summed E-state index contributed by atoms with van der Waals surface area (Å²) in [7, 11) is -3.85. The van der Waals surface area contributed by atoms with E-state index in [2.05, 4.69) is 0 Å². The van der Waals surface area contributed by atoms with Gasteiger partial charge in [0.25, 0.3) is 5.91 Å². The van der Waals surface area contributed by atoms with E-state index in [9.17, 15) is 35.2 Å². The van der Waals surface area contributed by atoms with Gasteiger partial charge in [-0.05, 0) is 62.2 Å². The van der Waals surface area contributed by atoms with Crippen LogP contribution in [0.4, 0.5) is 22.0 Å². The van der Waals surface area contributed by atoms with Crippen molar-refractivity contribution in [2.24, 2.45) is 5.92 Å². The van der Waals surface area contributed by atoms with Gasteiger partial charge in [-0.1, -0.05) is 0 Å². The van der Waals surface area contributed by atoms with Gasteiger partial charge in [0.2, 0.25) is 10.0 Å². The van der Waals surface area contributed by atoms with E-state index in [0.29, 0.717) is 18.4 Å². The molecule has 1 heterocycles. The zero-order valence-electron chi connectivity index (χ0n) is 17.4. The molecule has 6 nitrogen and oxygen atoms in total. The molecule has 182 valence electrons. The van der Waals surface area contributed by atoms with E-state index >= 15 is 0 Å². The van der Waals surface area contributed by atoms with Crippen molar-refractivity contribution in [3.63, 3.8) is 0 Å². The third-order valence-corrected chi connectivity index (χ3v) is 6.13. The highest BCUT2D eigenvalue weighted by atomic mass is 32.2. The normalized spacial score (nSPS) is 18.7. The minimum absolute atomic E-state index is 0. The Morgan fingerprint density at radius 1 is 1.25 bits per heavy atom. The molecule has 0 aromatic heterocycles. The Hall–Kier alpha value is -1.95. The Morgan fingerprint density at radius 2 is 1.88 bits per heavy atom. The second-order valence-electron chi connectivity index (χ2n) is 8.44. The topological polar surface area (TPSA) is 75.7 Å². The molecule has 1 aromatic carbocycles. The van der Waals surface area contributed by atoms with E-state index in [0.717, 1.165) is 25.2 Å². The number of piperidine rings is 1. The van der Waals surface area contributed by atoms with Crippen LogP contribution in [-0.4, -0.2) is 64.1 Å². The number of hydrogen-bond donors (Lipinski definition) is 1. The van der Waals surface area contributed by atoms with Crippen molar-refractivity contribution in [2.75, 3.05) is 32.5 Å². The number of carbonyl (C=O) groups excluding carboxylic acids is 1. The number of halogens is 5. The van der Waals surface area contributed by atoms with E-state index in [1.54, 1.807) is 4.72 Å². The minimum atomic E-state index is -4.05. The van der Waals surface area contributed by atoms with Gasteiger partial charge in [0, 0.05) is 7.49 Å². The minimum Gasteiger partial charge on any atom is -0.493 e. The summed E-state index contributed by atoms with van der Waals surface area (Å²) in [4.78, 5) is 13.4. The average Bonchev–Trinajstić information content (AvgIpc) is 3.50. The number of amides is 1. The summed E-state index contributed by atoms with van der Waals surface area (Å²) in [6.07, 6.45) is -0.327. The van der Waals surface area contributed by atoms with Crippen LogP contribution in [0.15, 0.2) is 12.1 Å². The number of nitrogens with one attached hydrogen (secondary N) is 1. The molecule has 2 fully saturated rings. The lowest BCUT2D eigenvalue weighted by Gasteiger charge is -2.33. The third kappa shape index (κ3) is 6.53. The van der Waals surface area contributed by atoms with E-state index in [1.807, 2.05) is 0 Å². The Labute approximate surface area is 184 Å². The first-order chi connectivity index (χ1) is 14.9.